The summed E-state index contributed by atoms with van der Waals surface area (Å²) in [6.45, 7) is 0. The Kier molecular flexibility index (Phi) is 2.98. The van der Waals surface area contributed by atoms with Crippen LogP contribution in [-0.4, -0.2) is 14.7 Å². The molecule has 0 fully saturated rings. The van der Waals surface area contributed by atoms with Crippen LogP contribution in [-0.2, 0) is 0 Å². The zero-order valence-corrected chi connectivity index (χ0v) is 9.26. The first kappa shape index (κ1) is 10.1. The van der Waals surface area contributed by atoms with Gasteiger partial charge in [-0.1, -0.05) is 35.3 Å². The molecule has 0 aliphatic carbocycles. The van der Waals surface area contributed by atoms with Gasteiger partial charge < -0.3 is 5.32 Å². The third kappa shape index (κ3) is 2.34. The summed E-state index contributed by atoms with van der Waals surface area (Å²) < 4.78 is 3.70. The highest BCUT2D eigenvalue weighted by molar-refractivity contribution is 7.97. The van der Waals surface area contributed by atoms with Crippen molar-refractivity contribution in [3.63, 3.8) is 0 Å². The lowest BCUT2D eigenvalue weighted by molar-refractivity contribution is 0.108. The van der Waals surface area contributed by atoms with Gasteiger partial charge in [-0.25, -0.2) is 0 Å². The van der Waals surface area contributed by atoms with E-state index in [-0.39, 0.29) is 10.8 Å². The first-order chi connectivity index (χ1) is 7.27. The lowest BCUT2D eigenvalue weighted by atomic mass is 10.3. The Bertz CT molecular complexity index is 469. The zero-order valence-electron chi connectivity index (χ0n) is 7.54. The summed E-state index contributed by atoms with van der Waals surface area (Å²) in [4.78, 5) is 11.0. The second-order valence-electron chi connectivity index (χ2n) is 2.75. The molecule has 2 rings (SSSR count). The van der Waals surface area contributed by atoms with Crippen LogP contribution in [0.3, 0.4) is 0 Å². The van der Waals surface area contributed by atoms with E-state index in [4.69, 9.17) is 0 Å². The third-order valence-corrected chi connectivity index (χ3v) is 2.58. The van der Waals surface area contributed by atoms with Crippen molar-refractivity contribution in [3.05, 3.63) is 36.0 Å². The van der Waals surface area contributed by atoms with Crippen molar-refractivity contribution in [3.8, 4) is 0 Å². The monoisotopic (exact) mass is 237 g/mol. The number of thiol groups is 1. The summed E-state index contributed by atoms with van der Waals surface area (Å²) >= 11 is 4.85. The Labute approximate surface area is 95.9 Å². The van der Waals surface area contributed by atoms with Crippen molar-refractivity contribution in [1.82, 2.24) is 9.59 Å². The number of nitrogens with zero attached hydrogens (tertiary/aromatic N) is 2. The number of para-hydroxylation sites is 1. The summed E-state index contributed by atoms with van der Waals surface area (Å²) in [6, 6.07) is 9.51. The summed E-state index contributed by atoms with van der Waals surface area (Å²) in [5.41, 5.74) is 1.14. The van der Waals surface area contributed by atoms with Crippen LogP contribution in [0, 0.1) is 0 Å². The molecule has 76 valence electrons. The number of carbonyl (C=O) groups excluding carboxylic acids is 1. The molecule has 0 radical (unpaired) electrons. The minimum Gasteiger partial charge on any atom is -0.344 e. The van der Waals surface area contributed by atoms with E-state index in [0.717, 1.165) is 17.2 Å². The van der Waals surface area contributed by atoms with Crippen molar-refractivity contribution < 1.29 is 4.79 Å². The molecule has 15 heavy (non-hydrogen) atoms. The van der Waals surface area contributed by atoms with Crippen LogP contribution < -0.4 is 5.32 Å². The molecule has 0 unspecified atom stereocenters. The summed E-state index contributed by atoms with van der Waals surface area (Å²) in [5, 5.41) is 6.97. The van der Waals surface area contributed by atoms with Crippen LogP contribution >= 0.6 is 24.2 Å². The maximum absolute atomic E-state index is 11.0. The van der Waals surface area contributed by atoms with Gasteiger partial charge >= 0.3 is 0 Å². The van der Waals surface area contributed by atoms with Crippen molar-refractivity contribution in [2.24, 2.45) is 0 Å². The van der Waals surface area contributed by atoms with Crippen molar-refractivity contribution >= 4 is 40.0 Å². The maximum atomic E-state index is 11.0. The fraction of sp³-hybridized carbons (Fsp3) is 0. The molecule has 0 aliphatic heterocycles. The minimum atomic E-state index is -0.387. The number of carbonyl (C=O) groups is 1. The summed E-state index contributed by atoms with van der Waals surface area (Å²) in [7, 11) is 0. The van der Waals surface area contributed by atoms with Gasteiger partial charge in [-0.3, -0.25) is 4.79 Å². The fourth-order valence-corrected chi connectivity index (χ4v) is 1.88. The van der Waals surface area contributed by atoms with E-state index < -0.39 is 0 Å². The van der Waals surface area contributed by atoms with Gasteiger partial charge in [0.15, 0.2) is 5.69 Å². The molecule has 0 saturated carbocycles. The van der Waals surface area contributed by atoms with E-state index in [1.54, 1.807) is 0 Å². The maximum Gasteiger partial charge on any atom is 0.239 e. The number of anilines is 2. The summed E-state index contributed by atoms with van der Waals surface area (Å²) in [6.07, 6.45) is 0. The summed E-state index contributed by atoms with van der Waals surface area (Å²) in [5.74, 6) is 0. The molecule has 0 amide bonds. The number of hydrogen-bond acceptors (Lipinski definition) is 5. The number of rotatable bonds is 3. The third-order valence-electron chi connectivity index (χ3n) is 1.72. The molecule has 0 saturated heterocycles. The molecule has 1 aromatic carbocycles. The highest BCUT2D eigenvalue weighted by Gasteiger charge is 2.12. The topological polar surface area (TPSA) is 54.9 Å². The Balaban J connectivity index is 2.25. The molecule has 6 heteroatoms. The molecule has 0 spiro atoms. The van der Waals surface area contributed by atoms with Gasteiger partial charge in [0.2, 0.25) is 5.12 Å². The van der Waals surface area contributed by atoms with E-state index in [1.807, 2.05) is 30.3 Å². The van der Waals surface area contributed by atoms with Gasteiger partial charge in [-0.2, -0.15) is 0 Å². The van der Waals surface area contributed by atoms with Gasteiger partial charge in [0.1, 0.15) is 5.00 Å². The first-order valence-corrected chi connectivity index (χ1v) is 5.37. The average molecular weight is 237 g/mol. The SMILES string of the molecule is O=C(S)c1nnsc1Nc1ccccc1. The standard InChI is InChI=1S/C9H7N3OS2/c13-9(14)7-8(15-12-11-7)10-6-4-2-1-3-5-6/h1-5,10H,(H,13,14). The Morgan fingerprint density at radius 3 is 2.73 bits per heavy atom. The van der Waals surface area contributed by atoms with Crippen LogP contribution in [0.5, 0.6) is 0 Å². The molecule has 0 aliphatic rings. The predicted molar refractivity (Wildman–Crippen MR) is 63.0 cm³/mol. The largest absolute Gasteiger partial charge is 0.344 e. The van der Waals surface area contributed by atoms with E-state index in [2.05, 4.69) is 27.5 Å². The zero-order chi connectivity index (χ0) is 10.7. The van der Waals surface area contributed by atoms with Crippen LogP contribution in [0.2, 0.25) is 0 Å². The highest BCUT2D eigenvalue weighted by Crippen LogP contribution is 2.23. The van der Waals surface area contributed by atoms with Crippen LogP contribution in [0.1, 0.15) is 10.5 Å². The van der Waals surface area contributed by atoms with E-state index in [0.29, 0.717) is 5.00 Å². The molecular formula is C9H7N3OS2. The Hall–Kier alpha value is -1.40. The first-order valence-electron chi connectivity index (χ1n) is 4.15. The minimum absolute atomic E-state index is 0.257. The van der Waals surface area contributed by atoms with Gasteiger partial charge in [0.25, 0.3) is 0 Å². The van der Waals surface area contributed by atoms with Gasteiger partial charge in [0.05, 0.1) is 0 Å². The second kappa shape index (κ2) is 4.41. The number of benzene rings is 1. The van der Waals surface area contributed by atoms with Crippen molar-refractivity contribution in [2.45, 2.75) is 0 Å². The van der Waals surface area contributed by atoms with E-state index >= 15 is 0 Å². The second-order valence-corrected chi connectivity index (χ2v) is 3.91. The molecule has 1 aromatic heterocycles. The lowest BCUT2D eigenvalue weighted by Crippen LogP contribution is -1.96. The Morgan fingerprint density at radius 2 is 2.07 bits per heavy atom. The van der Waals surface area contributed by atoms with E-state index in [1.165, 1.54) is 0 Å². The van der Waals surface area contributed by atoms with Crippen molar-refractivity contribution in [2.75, 3.05) is 5.32 Å². The van der Waals surface area contributed by atoms with Gasteiger partial charge in [-0.15, -0.1) is 5.10 Å². The van der Waals surface area contributed by atoms with Gasteiger partial charge in [0, 0.05) is 17.2 Å². The van der Waals surface area contributed by atoms with Crippen LogP contribution in [0.4, 0.5) is 10.7 Å². The normalized spacial score (nSPS) is 9.93. The van der Waals surface area contributed by atoms with Crippen LogP contribution in [0.15, 0.2) is 30.3 Å². The highest BCUT2D eigenvalue weighted by atomic mass is 32.1. The van der Waals surface area contributed by atoms with Crippen molar-refractivity contribution in [1.29, 1.82) is 0 Å². The smallest absolute Gasteiger partial charge is 0.239 e. The fourth-order valence-electron chi connectivity index (χ4n) is 1.07. The molecule has 2 aromatic rings. The Morgan fingerprint density at radius 1 is 1.33 bits per heavy atom. The molecule has 0 bridgehead atoms. The molecule has 1 heterocycles. The van der Waals surface area contributed by atoms with Crippen LogP contribution in [0.25, 0.3) is 0 Å². The quantitative estimate of drug-likeness (QED) is 0.805. The molecular weight excluding hydrogens is 230 g/mol. The lowest BCUT2D eigenvalue weighted by Gasteiger charge is -2.02. The predicted octanol–water partition coefficient (Wildman–Crippen LogP) is 2.35. The molecule has 0 atom stereocenters. The van der Waals surface area contributed by atoms with E-state index in [9.17, 15) is 4.79 Å². The molecule has 4 nitrogen and oxygen atoms in total. The number of hydrogen-bond donors (Lipinski definition) is 2. The molecule has 1 N–H and O–H groups in total. The number of aromatic nitrogens is 2. The van der Waals surface area contributed by atoms with Gasteiger partial charge in [-0.05, 0) is 12.1 Å². The number of nitrogens with one attached hydrogen (secondary N) is 1. The average Bonchev–Trinajstić information content (AvgIpc) is 2.67.